The summed E-state index contributed by atoms with van der Waals surface area (Å²) in [4.78, 5) is 12.2. The van der Waals surface area contributed by atoms with Crippen molar-refractivity contribution < 1.29 is 9.23 Å². The van der Waals surface area contributed by atoms with E-state index in [2.05, 4.69) is 29.2 Å². The van der Waals surface area contributed by atoms with Crippen molar-refractivity contribution in [3.8, 4) is 0 Å². The van der Waals surface area contributed by atoms with E-state index in [1.807, 2.05) is 32.1 Å². The summed E-state index contributed by atoms with van der Waals surface area (Å²) in [5, 5.41) is 4.48. The van der Waals surface area contributed by atoms with Crippen LogP contribution in [0.4, 0.5) is 10.1 Å². The Kier molecular flexibility index (Phi) is 5.80. The molecule has 0 fully saturated rings. The van der Waals surface area contributed by atoms with Crippen LogP contribution in [0.2, 0.25) is 5.02 Å². The number of nitrogens with zero attached hydrogens (tertiary/aromatic N) is 3. The van der Waals surface area contributed by atoms with Crippen LogP contribution in [-0.2, 0) is 4.84 Å². The maximum Gasteiger partial charge on any atom is 0.158 e. The van der Waals surface area contributed by atoms with E-state index < -0.39 is 0 Å². The summed E-state index contributed by atoms with van der Waals surface area (Å²) in [6.45, 7) is 7.03. The third-order valence-corrected chi connectivity index (χ3v) is 4.97. The monoisotopic (exact) mass is 387 g/mol. The molecule has 2 aromatic carbocycles. The van der Waals surface area contributed by atoms with Crippen LogP contribution in [0.5, 0.6) is 0 Å². The van der Waals surface area contributed by atoms with Gasteiger partial charge in [-0.05, 0) is 67.8 Å². The first kappa shape index (κ1) is 19.4. The number of oxime groups is 1. The normalized spacial score (nSPS) is 16.5. The van der Waals surface area contributed by atoms with Gasteiger partial charge in [-0.1, -0.05) is 16.8 Å². The van der Waals surface area contributed by atoms with Crippen LogP contribution < -0.4 is 0 Å². The fourth-order valence-corrected chi connectivity index (χ4v) is 3.14. The summed E-state index contributed by atoms with van der Waals surface area (Å²) in [6, 6.07) is 8.72. The lowest BCUT2D eigenvalue weighted by molar-refractivity contribution is 0.0852. The molecular weight excluding hydrogens is 365 g/mol. The van der Waals surface area contributed by atoms with Gasteiger partial charge in [0.2, 0.25) is 0 Å². The predicted molar refractivity (Wildman–Crippen MR) is 109 cm³/mol. The fourth-order valence-electron chi connectivity index (χ4n) is 2.98. The van der Waals surface area contributed by atoms with Gasteiger partial charge in [-0.2, -0.15) is 0 Å². The maximum atomic E-state index is 14.2. The summed E-state index contributed by atoms with van der Waals surface area (Å²) in [5.41, 5.74) is 5.14. The molecule has 2 aromatic rings. The van der Waals surface area contributed by atoms with Crippen LogP contribution in [0, 0.1) is 19.7 Å². The largest absolute Gasteiger partial charge is 0.387 e. The second kappa shape index (κ2) is 8.09. The van der Waals surface area contributed by atoms with Gasteiger partial charge >= 0.3 is 0 Å². The van der Waals surface area contributed by atoms with E-state index in [-0.39, 0.29) is 11.9 Å². The lowest BCUT2D eigenvalue weighted by Gasteiger charge is -2.15. The van der Waals surface area contributed by atoms with Gasteiger partial charge < -0.3 is 9.74 Å². The van der Waals surface area contributed by atoms with Gasteiger partial charge in [0.25, 0.3) is 0 Å². The van der Waals surface area contributed by atoms with E-state index >= 15 is 0 Å². The topological polar surface area (TPSA) is 37.2 Å². The number of rotatable bonds is 5. The Balaban J connectivity index is 1.80. The summed E-state index contributed by atoms with van der Waals surface area (Å²) in [5.74, 6) is -0.386. The van der Waals surface area contributed by atoms with Crippen molar-refractivity contribution in [1.29, 1.82) is 0 Å². The smallest absolute Gasteiger partial charge is 0.158 e. The van der Waals surface area contributed by atoms with Crippen LogP contribution in [0.15, 0.2) is 40.5 Å². The minimum Gasteiger partial charge on any atom is -0.387 e. The molecule has 27 heavy (non-hydrogen) atoms. The van der Waals surface area contributed by atoms with E-state index in [0.29, 0.717) is 22.7 Å². The van der Waals surface area contributed by atoms with Crippen molar-refractivity contribution in [2.75, 3.05) is 13.6 Å². The Hall–Kier alpha value is -2.40. The van der Waals surface area contributed by atoms with E-state index in [9.17, 15) is 4.39 Å². The highest BCUT2D eigenvalue weighted by molar-refractivity contribution is 6.30. The Morgan fingerprint density at radius 2 is 2.07 bits per heavy atom. The minimum atomic E-state index is -0.386. The van der Waals surface area contributed by atoms with Crippen molar-refractivity contribution >= 4 is 29.3 Å². The molecule has 0 bridgehead atoms. The Morgan fingerprint density at radius 1 is 1.30 bits per heavy atom. The average molecular weight is 388 g/mol. The molecule has 3 rings (SSSR count). The molecule has 6 heteroatoms. The van der Waals surface area contributed by atoms with Crippen LogP contribution >= 0.6 is 11.6 Å². The van der Waals surface area contributed by atoms with Gasteiger partial charge in [0.15, 0.2) is 6.10 Å². The predicted octanol–water partition coefficient (Wildman–Crippen LogP) is 5.57. The highest BCUT2D eigenvalue weighted by Gasteiger charge is 2.27. The molecular formula is C21H23ClFN3O. The van der Waals surface area contributed by atoms with Gasteiger partial charge in [0.05, 0.1) is 17.7 Å². The van der Waals surface area contributed by atoms with Crippen molar-refractivity contribution in [2.24, 2.45) is 10.1 Å². The van der Waals surface area contributed by atoms with Gasteiger partial charge in [-0.25, -0.2) is 9.38 Å². The number of aryl methyl sites for hydroxylation is 2. The van der Waals surface area contributed by atoms with E-state index in [1.54, 1.807) is 12.1 Å². The highest BCUT2D eigenvalue weighted by Crippen LogP contribution is 2.35. The second-order valence-electron chi connectivity index (χ2n) is 6.77. The molecule has 1 aliphatic rings. The van der Waals surface area contributed by atoms with Crippen LogP contribution in [0.3, 0.4) is 0 Å². The molecule has 0 amide bonds. The van der Waals surface area contributed by atoms with E-state index in [1.165, 1.54) is 6.07 Å². The molecule has 1 heterocycles. The zero-order chi connectivity index (χ0) is 19.6. The number of halogens is 2. The molecule has 1 atom stereocenters. The number of benzene rings is 2. The van der Waals surface area contributed by atoms with Crippen LogP contribution in [0.1, 0.15) is 41.7 Å². The zero-order valence-electron chi connectivity index (χ0n) is 16.0. The molecule has 1 unspecified atom stereocenters. The Labute approximate surface area is 164 Å². The van der Waals surface area contributed by atoms with E-state index in [4.69, 9.17) is 16.4 Å². The number of aliphatic imine (C=N–C) groups is 1. The standard InChI is InChI=1S/C21H23ClFN3O/c1-5-26(4)12-24-19-9-13(2)17(8-14(19)3)21-11-20(25-27-21)16-7-6-15(22)10-18(16)23/h6-10,12,21H,5,11H2,1-4H3. The van der Waals surface area contributed by atoms with Gasteiger partial charge in [-0.3, -0.25) is 0 Å². The van der Waals surface area contributed by atoms with Crippen LogP contribution in [-0.4, -0.2) is 30.5 Å². The molecule has 142 valence electrons. The first-order valence-electron chi connectivity index (χ1n) is 8.92. The number of hydrogen-bond acceptors (Lipinski definition) is 3. The molecule has 0 saturated heterocycles. The van der Waals surface area contributed by atoms with Crippen molar-refractivity contribution in [3.05, 3.63) is 63.4 Å². The highest BCUT2D eigenvalue weighted by atomic mass is 35.5. The molecule has 1 aliphatic heterocycles. The Morgan fingerprint density at radius 3 is 2.78 bits per heavy atom. The summed E-state index contributed by atoms with van der Waals surface area (Å²) in [6.07, 6.45) is 2.11. The fraction of sp³-hybridized carbons (Fsp3) is 0.333. The molecule has 0 radical (unpaired) electrons. The first-order valence-corrected chi connectivity index (χ1v) is 9.30. The number of hydrogen-bond donors (Lipinski definition) is 0. The van der Waals surface area contributed by atoms with Crippen molar-refractivity contribution in [3.63, 3.8) is 0 Å². The summed E-state index contributed by atoms with van der Waals surface area (Å²) < 4.78 is 14.2. The van der Waals surface area contributed by atoms with Gasteiger partial charge in [0, 0.05) is 30.6 Å². The van der Waals surface area contributed by atoms with Crippen LogP contribution in [0.25, 0.3) is 0 Å². The van der Waals surface area contributed by atoms with Crippen molar-refractivity contribution in [2.45, 2.75) is 33.3 Å². The molecule has 0 N–H and O–H groups in total. The minimum absolute atomic E-state index is 0.231. The van der Waals surface area contributed by atoms with Crippen molar-refractivity contribution in [1.82, 2.24) is 4.90 Å². The Bertz CT molecular complexity index is 911. The van der Waals surface area contributed by atoms with Gasteiger partial charge in [0.1, 0.15) is 5.82 Å². The molecule has 0 aromatic heterocycles. The van der Waals surface area contributed by atoms with E-state index in [0.717, 1.165) is 28.9 Å². The summed E-state index contributed by atoms with van der Waals surface area (Å²) >= 11 is 5.83. The first-order chi connectivity index (χ1) is 12.9. The molecule has 0 spiro atoms. The molecule has 0 aliphatic carbocycles. The van der Waals surface area contributed by atoms with Gasteiger partial charge in [-0.15, -0.1) is 0 Å². The third-order valence-electron chi connectivity index (χ3n) is 4.74. The molecule has 0 saturated carbocycles. The third kappa shape index (κ3) is 4.30. The lowest BCUT2D eigenvalue weighted by atomic mass is 9.95. The zero-order valence-corrected chi connectivity index (χ0v) is 16.7. The molecule has 4 nitrogen and oxygen atoms in total. The average Bonchev–Trinajstić information content (AvgIpc) is 3.11. The summed E-state index contributed by atoms with van der Waals surface area (Å²) in [7, 11) is 1.99. The lowest BCUT2D eigenvalue weighted by Crippen LogP contribution is -2.14. The second-order valence-corrected chi connectivity index (χ2v) is 7.21. The quantitative estimate of drug-likeness (QED) is 0.496. The SMILES string of the molecule is CCN(C)C=Nc1cc(C)c(C2CC(c3ccc(Cl)cc3F)=NO2)cc1C. The maximum absolute atomic E-state index is 14.2.